The summed E-state index contributed by atoms with van der Waals surface area (Å²) in [6.45, 7) is 8.17. The highest BCUT2D eigenvalue weighted by molar-refractivity contribution is 5.97. The van der Waals surface area contributed by atoms with E-state index in [-0.39, 0.29) is 11.8 Å². The highest BCUT2D eigenvalue weighted by atomic mass is 16.2. The van der Waals surface area contributed by atoms with Gasteiger partial charge in [0.05, 0.1) is 0 Å². The topological polar surface area (TPSA) is 49.4 Å². The minimum Gasteiger partial charge on any atom is -0.348 e. The Labute approximate surface area is 156 Å². The molecule has 2 aromatic rings. The lowest BCUT2D eigenvalue weighted by Crippen LogP contribution is -2.32. The van der Waals surface area contributed by atoms with Gasteiger partial charge in [-0.1, -0.05) is 43.7 Å². The zero-order chi connectivity index (χ0) is 18.9. The number of rotatable bonds is 8. The van der Waals surface area contributed by atoms with Gasteiger partial charge in [-0.3, -0.25) is 9.59 Å². The molecule has 0 aliphatic rings. The van der Waals surface area contributed by atoms with Crippen LogP contribution >= 0.6 is 0 Å². The third-order valence-corrected chi connectivity index (χ3v) is 4.24. The van der Waals surface area contributed by atoms with E-state index in [9.17, 15) is 9.59 Å². The Kier molecular flexibility index (Phi) is 7.39. The Balaban J connectivity index is 1.97. The van der Waals surface area contributed by atoms with Gasteiger partial charge in [0.15, 0.2) is 0 Å². The third-order valence-electron chi connectivity index (χ3n) is 4.24. The van der Waals surface area contributed by atoms with Gasteiger partial charge < -0.3 is 10.2 Å². The van der Waals surface area contributed by atoms with Crippen LogP contribution < -0.4 is 5.32 Å². The number of carbonyl (C=O) groups is 2. The summed E-state index contributed by atoms with van der Waals surface area (Å²) in [6.07, 6.45) is 1.87. The molecule has 2 amide bonds. The Morgan fingerprint density at radius 3 is 1.92 bits per heavy atom. The fraction of sp³-hybridized carbons (Fsp3) is 0.364. The lowest BCUT2D eigenvalue weighted by Gasteiger charge is -2.21. The molecule has 4 nitrogen and oxygen atoms in total. The van der Waals surface area contributed by atoms with Crippen molar-refractivity contribution < 1.29 is 9.59 Å². The van der Waals surface area contributed by atoms with E-state index in [1.54, 1.807) is 24.3 Å². The smallest absolute Gasteiger partial charge is 0.253 e. The molecular weight excluding hydrogens is 324 g/mol. The molecule has 138 valence electrons. The Morgan fingerprint density at radius 1 is 0.846 bits per heavy atom. The van der Waals surface area contributed by atoms with Gasteiger partial charge in [-0.25, -0.2) is 0 Å². The van der Waals surface area contributed by atoms with E-state index in [0.29, 0.717) is 17.7 Å². The second kappa shape index (κ2) is 9.76. The van der Waals surface area contributed by atoms with Crippen LogP contribution in [-0.2, 0) is 6.54 Å². The molecule has 2 rings (SSSR count). The number of amides is 2. The maximum Gasteiger partial charge on any atom is 0.253 e. The standard InChI is InChI=1S/C22H28N2O2/c1-4-14-24(15-5-2)22(26)20-12-10-19(11-13-20)21(25)23-16-18-8-6-17(3)7-9-18/h6-13H,4-5,14-16H2,1-3H3,(H,23,25). The van der Waals surface area contributed by atoms with Crippen LogP contribution in [0.15, 0.2) is 48.5 Å². The van der Waals surface area contributed by atoms with Gasteiger partial charge in [-0.2, -0.15) is 0 Å². The van der Waals surface area contributed by atoms with Crippen LogP contribution in [0, 0.1) is 6.92 Å². The molecule has 0 saturated heterocycles. The summed E-state index contributed by atoms with van der Waals surface area (Å²) in [5.74, 6) is -0.108. The lowest BCUT2D eigenvalue weighted by atomic mass is 10.1. The SMILES string of the molecule is CCCN(CCC)C(=O)c1ccc(C(=O)NCc2ccc(C)cc2)cc1. The van der Waals surface area contributed by atoms with Gasteiger partial charge >= 0.3 is 0 Å². The van der Waals surface area contributed by atoms with E-state index < -0.39 is 0 Å². The molecule has 0 spiro atoms. The van der Waals surface area contributed by atoms with Crippen LogP contribution in [0.4, 0.5) is 0 Å². The van der Waals surface area contributed by atoms with Crippen LogP contribution in [-0.4, -0.2) is 29.8 Å². The Bertz CT molecular complexity index is 715. The summed E-state index contributed by atoms with van der Waals surface area (Å²) >= 11 is 0. The third kappa shape index (κ3) is 5.45. The minimum absolute atomic E-state index is 0.0281. The summed E-state index contributed by atoms with van der Waals surface area (Å²) in [6, 6.07) is 15.0. The number of aryl methyl sites for hydroxylation is 1. The number of carbonyl (C=O) groups excluding carboxylic acids is 2. The van der Waals surface area contributed by atoms with Crippen LogP contribution in [0.3, 0.4) is 0 Å². The van der Waals surface area contributed by atoms with Gasteiger partial charge in [0.25, 0.3) is 11.8 Å². The van der Waals surface area contributed by atoms with Crippen LogP contribution in [0.2, 0.25) is 0 Å². The van der Waals surface area contributed by atoms with Crippen molar-refractivity contribution >= 4 is 11.8 Å². The van der Waals surface area contributed by atoms with Crippen molar-refractivity contribution in [1.29, 1.82) is 0 Å². The molecule has 0 aromatic heterocycles. The normalized spacial score (nSPS) is 10.4. The first-order valence-electron chi connectivity index (χ1n) is 9.28. The molecule has 1 N–H and O–H groups in total. The summed E-state index contributed by atoms with van der Waals surface area (Å²) < 4.78 is 0. The molecule has 0 fully saturated rings. The van der Waals surface area contributed by atoms with Crippen LogP contribution in [0.5, 0.6) is 0 Å². The fourth-order valence-electron chi connectivity index (χ4n) is 2.79. The Hall–Kier alpha value is -2.62. The number of nitrogens with zero attached hydrogens (tertiary/aromatic N) is 1. The molecule has 0 heterocycles. The largest absolute Gasteiger partial charge is 0.348 e. The summed E-state index contributed by atoms with van der Waals surface area (Å²) in [4.78, 5) is 26.7. The molecule has 0 radical (unpaired) electrons. The maximum absolute atomic E-state index is 12.6. The van der Waals surface area contributed by atoms with Gasteiger partial charge in [0.2, 0.25) is 0 Å². The maximum atomic E-state index is 12.6. The molecule has 0 saturated carbocycles. The van der Waals surface area contributed by atoms with Crippen molar-refractivity contribution in [3.63, 3.8) is 0 Å². The predicted octanol–water partition coefficient (Wildman–Crippen LogP) is 4.19. The quantitative estimate of drug-likeness (QED) is 0.774. The Morgan fingerprint density at radius 2 is 1.38 bits per heavy atom. The fourth-order valence-corrected chi connectivity index (χ4v) is 2.79. The molecule has 0 aliphatic heterocycles. The zero-order valence-corrected chi connectivity index (χ0v) is 15.9. The van der Waals surface area contributed by atoms with Crippen molar-refractivity contribution in [3.05, 3.63) is 70.8 Å². The van der Waals surface area contributed by atoms with Crippen molar-refractivity contribution in [2.24, 2.45) is 0 Å². The van der Waals surface area contributed by atoms with Crippen LogP contribution in [0.25, 0.3) is 0 Å². The molecular formula is C22H28N2O2. The first kappa shape index (κ1) is 19.7. The van der Waals surface area contributed by atoms with E-state index in [2.05, 4.69) is 19.2 Å². The highest BCUT2D eigenvalue weighted by Crippen LogP contribution is 2.10. The zero-order valence-electron chi connectivity index (χ0n) is 15.9. The second-order valence-electron chi connectivity index (χ2n) is 6.54. The van der Waals surface area contributed by atoms with Gasteiger partial charge in [-0.05, 0) is 49.6 Å². The number of hydrogen-bond donors (Lipinski definition) is 1. The van der Waals surface area contributed by atoms with Crippen molar-refractivity contribution in [1.82, 2.24) is 10.2 Å². The molecule has 2 aromatic carbocycles. The van der Waals surface area contributed by atoms with Gasteiger partial charge in [0, 0.05) is 30.8 Å². The molecule has 0 unspecified atom stereocenters. The first-order valence-corrected chi connectivity index (χ1v) is 9.28. The molecule has 4 heteroatoms. The van der Waals surface area contributed by atoms with Crippen molar-refractivity contribution in [2.45, 2.75) is 40.2 Å². The van der Waals surface area contributed by atoms with E-state index in [0.717, 1.165) is 31.5 Å². The van der Waals surface area contributed by atoms with E-state index in [4.69, 9.17) is 0 Å². The molecule has 0 aliphatic carbocycles. The highest BCUT2D eigenvalue weighted by Gasteiger charge is 2.15. The summed E-state index contributed by atoms with van der Waals surface area (Å²) in [5, 5.41) is 2.91. The minimum atomic E-state index is -0.136. The number of benzene rings is 2. The molecule has 0 bridgehead atoms. The first-order chi connectivity index (χ1) is 12.5. The van der Waals surface area contributed by atoms with Crippen molar-refractivity contribution in [3.8, 4) is 0 Å². The van der Waals surface area contributed by atoms with Gasteiger partial charge in [-0.15, -0.1) is 0 Å². The summed E-state index contributed by atoms with van der Waals surface area (Å²) in [7, 11) is 0. The molecule has 26 heavy (non-hydrogen) atoms. The summed E-state index contributed by atoms with van der Waals surface area (Å²) in [5.41, 5.74) is 3.44. The number of nitrogens with one attached hydrogen (secondary N) is 1. The lowest BCUT2D eigenvalue weighted by molar-refractivity contribution is 0.0755. The van der Waals surface area contributed by atoms with Crippen molar-refractivity contribution in [2.75, 3.05) is 13.1 Å². The predicted molar refractivity (Wildman–Crippen MR) is 105 cm³/mol. The second-order valence-corrected chi connectivity index (χ2v) is 6.54. The van der Waals surface area contributed by atoms with Gasteiger partial charge in [0.1, 0.15) is 0 Å². The monoisotopic (exact) mass is 352 g/mol. The average molecular weight is 352 g/mol. The van der Waals surface area contributed by atoms with E-state index >= 15 is 0 Å². The average Bonchev–Trinajstić information content (AvgIpc) is 2.66. The van der Waals surface area contributed by atoms with E-state index in [1.807, 2.05) is 36.1 Å². The van der Waals surface area contributed by atoms with E-state index in [1.165, 1.54) is 5.56 Å². The van der Waals surface area contributed by atoms with Crippen LogP contribution in [0.1, 0.15) is 58.5 Å². The molecule has 0 atom stereocenters. The number of hydrogen-bond acceptors (Lipinski definition) is 2.